The average Bonchev–Trinajstić information content (AvgIpc) is 2.26. The van der Waals surface area contributed by atoms with Gasteiger partial charge in [-0.05, 0) is 12.0 Å². The Labute approximate surface area is 102 Å². The van der Waals surface area contributed by atoms with Gasteiger partial charge in [0.05, 0.1) is 0 Å². The summed E-state index contributed by atoms with van der Waals surface area (Å²) in [5.41, 5.74) is 1.27. The highest BCUT2D eigenvalue weighted by Gasteiger charge is 2.10. The molecule has 0 saturated carbocycles. The van der Waals surface area contributed by atoms with Gasteiger partial charge in [0.25, 0.3) is 5.24 Å². The van der Waals surface area contributed by atoms with Crippen LogP contribution in [0.25, 0.3) is 0 Å². The first-order valence-corrected chi connectivity index (χ1v) is 6.43. The first kappa shape index (κ1) is 13.1. The van der Waals surface area contributed by atoms with Gasteiger partial charge in [0.1, 0.15) is 0 Å². The quantitative estimate of drug-likeness (QED) is 0.799. The Balaban J connectivity index is 2.35. The zero-order valence-corrected chi connectivity index (χ0v) is 11.0. The molecule has 1 amide bonds. The molecule has 0 unspecified atom stereocenters. The maximum absolute atomic E-state index is 11.7. The van der Waals surface area contributed by atoms with Crippen molar-refractivity contribution in [1.82, 2.24) is 4.90 Å². The van der Waals surface area contributed by atoms with E-state index >= 15 is 0 Å². The highest BCUT2D eigenvalue weighted by atomic mass is 32.2. The fourth-order valence-electron chi connectivity index (χ4n) is 1.32. The van der Waals surface area contributed by atoms with Crippen LogP contribution in [0.1, 0.15) is 19.4 Å². The van der Waals surface area contributed by atoms with E-state index in [9.17, 15) is 4.79 Å². The van der Waals surface area contributed by atoms with Gasteiger partial charge in [-0.3, -0.25) is 4.79 Å². The first-order valence-electron chi connectivity index (χ1n) is 5.55. The molecule has 16 heavy (non-hydrogen) atoms. The molecule has 0 aromatic heterocycles. The third-order valence-electron chi connectivity index (χ3n) is 2.23. The van der Waals surface area contributed by atoms with E-state index in [4.69, 9.17) is 0 Å². The van der Waals surface area contributed by atoms with Crippen LogP contribution in [-0.2, 0) is 6.42 Å². The molecule has 1 aromatic rings. The van der Waals surface area contributed by atoms with Crippen LogP contribution in [0.5, 0.6) is 0 Å². The van der Waals surface area contributed by atoms with Crippen molar-refractivity contribution in [3.8, 4) is 0 Å². The minimum atomic E-state index is 0.158. The largest absolute Gasteiger partial charge is 0.336 e. The van der Waals surface area contributed by atoms with Crippen molar-refractivity contribution in [2.75, 3.05) is 13.6 Å². The molecule has 88 valence electrons. The second-order valence-corrected chi connectivity index (χ2v) is 5.62. The van der Waals surface area contributed by atoms with Gasteiger partial charge in [-0.25, -0.2) is 0 Å². The summed E-state index contributed by atoms with van der Waals surface area (Å²) in [6, 6.07) is 10.2. The zero-order chi connectivity index (χ0) is 12.0. The number of rotatable bonds is 4. The zero-order valence-electron chi connectivity index (χ0n) is 10.1. The Morgan fingerprint density at radius 1 is 1.31 bits per heavy atom. The van der Waals surface area contributed by atoms with Crippen molar-refractivity contribution in [2.45, 2.75) is 25.5 Å². The fraction of sp³-hybridized carbons (Fsp3) is 0.462. The van der Waals surface area contributed by atoms with E-state index in [1.807, 2.05) is 39.1 Å². The topological polar surface area (TPSA) is 20.3 Å². The number of thioether (sulfide) groups is 1. The Bertz CT molecular complexity index is 324. The minimum Gasteiger partial charge on any atom is -0.336 e. The molecule has 0 aliphatic rings. The summed E-state index contributed by atoms with van der Waals surface area (Å²) in [7, 11) is 1.86. The average molecular weight is 237 g/mol. The maximum atomic E-state index is 11.7. The van der Waals surface area contributed by atoms with Crippen molar-refractivity contribution in [2.24, 2.45) is 0 Å². The summed E-state index contributed by atoms with van der Waals surface area (Å²) < 4.78 is 0. The smallest absolute Gasteiger partial charge is 0.281 e. The SMILES string of the molecule is CC(C)SC(=O)N(C)CCc1ccccc1. The molecule has 1 rings (SSSR count). The van der Waals surface area contributed by atoms with Crippen LogP contribution in [0.2, 0.25) is 0 Å². The third-order valence-corrected chi connectivity index (χ3v) is 3.21. The van der Waals surface area contributed by atoms with E-state index in [1.54, 1.807) is 4.90 Å². The van der Waals surface area contributed by atoms with Crippen molar-refractivity contribution in [3.05, 3.63) is 35.9 Å². The number of carbonyl (C=O) groups is 1. The van der Waals surface area contributed by atoms with Gasteiger partial charge in [-0.15, -0.1) is 0 Å². The normalized spacial score (nSPS) is 10.5. The third kappa shape index (κ3) is 4.71. The molecule has 0 aliphatic heterocycles. The maximum Gasteiger partial charge on any atom is 0.281 e. The molecule has 0 N–H and O–H groups in total. The standard InChI is InChI=1S/C13H19NOS/c1-11(2)16-13(15)14(3)10-9-12-7-5-4-6-8-12/h4-8,11H,9-10H2,1-3H3. The summed E-state index contributed by atoms with van der Waals surface area (Å²) >= 11 is 1.38. The van der Waals surface area contributed by atoms with Crippen molar-refractivity contribution in [3.63, 3.8) is 0 Å². The van der Waals surface area contributed by atoms with Gasteiger partial charge in [-0.1, -0.05) is 55.9 Å². The Kier molecular flexibility index (Phi) is 5.39. The number of hydrogen-bond donors (Lipinski definition) is 0. The highest BCUT2D eigenvalue weighted by Crippen LogP contribution is 2.14. The van der Waals surface area contributed by atoms with Gasteiger partial charge >= 0.3 is 0 Å². The van der Waals surface area contributed by atoms with Gasteiger partial charge in [0, 0.05) is 18.8 Å². The molecule has 0 heterocycles. The molecule has 0 atom stereocenters. The molecule has 3 heteroatoms. The fourth-order valence-corrected chi connectivity index (χ4v) is 2.00. The van der Waals surface area contributed by atoms with E-state index in [0.717, 1.165) is 13.0 Å². The lowest BCUT2D eigenvalue weighted by Crippen LogP contribution is -2.26. The molecule has 0 aliphatic carbocycles. The summed E-state index contributed by atoms with van der Waals surface area (Å²) in [4.78, 5) is 13.5. The Morgan fingerprint density at radius 2 is 1.94 bits per heavy atom. The van der Waals surface area contributed by atoms with Crippen molar-refractivity contribution >= 4 is 17.0 Å². The molecular formula is C13H19NOS. The molecule has 0 spiro atoms. The van der Waals surface area contributed by atoms with Crippen molar-refractivity contribution < 1.29 is 4.79 Å². The second-order valence-electron chi connectivity index (χ2n) is 4.09. The second kappa shape index (κ2) is 6.59. The summed E-state index contributed by atoms with van der Waals surface area (Å²) in [5.74, 6) is 0. The van der Waals surface area contributed by atoms with Gasteiger partial charge < -0.3 is 4.90 Å². The summed E-state index contributed by atoms with van der Waals surface area (Å²) in [6.07, 6.45) is 0.918. The molecule has 1 aromatic carbocycles. The number of benzene rings is 1. The number of likely N-dealkylation sites (N-methyl/N-ethyl adjacent to an activating group) is 1. The highest BCUT2D eigenvalue weighted by molar-refractivity contribution is 8.14. The first-order chi connectivity index (χ1) is 7.59. The molecule has 0 saturated heterocycles. The van der Waals surface area contributed by atoms with E-state index in [-0.39, 0.29) is 5.24 Å². The monoisotopic (exact) mass is 237 g/mol. The summed E-state index contributed by atoms with van der Waals surface area (Å²) in [5, 5.41) is 0.512. The predicted molar refractivity (Wildman–Crippen MR) is 70.9 cm³/mol. The van der Waals surface area contributed by atoms with Crippen LogP contribution < -0.4 is 0 Å². The van der Waals surface area contributed by atoms with Crippen molar-refractivity contribution in [1.29, 1.82) is 0 Å². The molecule has 0 bridgehead atoms. The molecule has 0 radical (unpaired) electrons. The van der Waals surface area contributed by atoms with Crippen LogP contribution in [-0.4, -0.2) is 29.0 Å². The number of carbonyl (C=O) groups excluding carboxylic acids is 1. The Morgan fingerprint density at radius 3 is 2.50 bits per heavy atom. The number of hydrogen-bond acceptors (Lipinski definition) is 2. The lowest BCUT2D eigenvalue weighted by Gasteiger charge is -2.17. The van der Waals surface area contributed by atoms with Gasteiger partial charge in [0.2, 0.25) is 0 Å². The molecular weight excluding hydrogens is 218 g/mol. The predicted octanol–water partition coefficient (Wildman–Crippen LogP) is 3.42. The van der Waals surface area contributed by atoms with E-state index in [1.165, 1.54) is 17.3 Å². The lowest BCUT2D eigenvalue weighted by atomic mass is 10.1. The summed E-state index contributed by atoms with van der Waals surface area (Å²) in [6.45, 7) is 4.85. The number of nitrogens with zero attached hydrogens (tertiary/aromatic N) is 1. The van der Waals surface area contributed by atoms with Gasteiger partial charge in [0.15, 0.2) is 0 Å². The van der Waals surface area contributed by atoms with Crippen LogP contribution in [0.3, 0.4) is 0 Å². The molecule has 2 nitrogen and oxygen atoms in total. The lowest BCUT2D eigenvalue weighted by molar-refractivity contribution is 0.234. The Hall–Kier alpha value is -0.960. The van der Waals surface area contributed by atoms with Crippen LogP contribution in [0.4, 0.5) is 4.79 Å². The van der Waals surface area contributed by atoms with E-state index < -0.39 is 0 Å². The number of amides is 1. The van der Waals surface area contributed by atoms with Crippen LogP contribution in [0.15, 0.2) is 30.3 Å². The van der Waals surface area contributed by atoms with Crippen LogP contribution in [0, 0.1) is 0 Å². The van der Waals surface area contributed by atoms with E-state index in [0.29, 0.717) is 5.25 Å². The minimum absolute atomic E-state index is 0.158. The molecule has 0 fully saturated rings. The van der Waals surface area contributed by atoms with E-state index in [2.05, 4.69) is 12.1 Å². The van der Waals surface area contributed by atoms with Crippen LogP contribution >= 0.6 is 11.8 Å². The van der Waals surface area contributed by atoms with Gasteiger partial charge in [-0.2, -0.15) is 0 Å².